The highest BCUT2D eigenvalue weighted by molar-refractivity contribution is 9.10. The highest BCUT2D eigenvalue weighted by Crippen LogP contribution is 2.21. The maximum atomic E-state index is 11.4. The van der Waals surface area contributed by atoms with Gasteiger partial charge in [0.25, 0.3) is 0 Å². The average Bonchev–Trinajstić information content (AvgIpc) is 2.21. The number of hydrogen-bond acceptors (Lipinski definition) is 3. The zero-order valence-corrected chi connectivity index (χ0v) is 9.90. The Morgan fingerprint density at radius 2 is 2.06 bits per heavy atom. The second-order valence-corrected chi connectivity index (χ2v) is 4.03. The predicted molar refractivity (Wildman–Crippen MR) is 63.0 cm³/mol. The number of amides is 1. The number of nitrogens with one attached hydrogen (secondary N) is 1. The van der Waals surface area contributed by atoms with Crippen LogP contribution < -0.4 is 11.1 Å². The first-order valence-corrected chi connectivity index (χ1v) is 5.32. The van der Waals surface area contributed by atoms with Gasteiger partial charge in [-0.1, -0.05) is 12.1 Å². The molecule has 0 aliphatic heterocycles. The second kappa shape index (κ2) is 5.62. The first-order valence-electron chi connectivity index (χ1n) is 4.53. The largest absolute Gasteiger partial charge is 0.480 e. The van der Waals surface area contributed by atoms with Gasteiger partial charge in [0.15, 0.2) is 0 Å². The molecule has 0 radical (unpaired) electrons. The fourth-order valence-electron chi connectivity index (χ4n) is 1.05. The summed E-state index contributed by atoms with van der Waals surface area (Å²) in [4.78, 5) is 21.8. The van der Waals surface area contributed by atoms with Gasteiger partial charge in [-0.05, 0) is 28.1 Å². The van der Waals surface area contributed by atoms with Gasteiger partial charge in [0.1, 0.15) is 6.04 Å². The van der Waals surface area contributed by atoms with Crippen molar-refractivity contribution < 1.29 is 14.7 Å². The Morgan fingerprint density at radius 1 is 1.44 bits per heavy atom. The number of carboxylic acids is 1. The Morgan fingerprint density at radius 3 is 2.62 bits per heavy atom. The minimum Gasteiger partial charge on any atom is -0.480 e. The van der Waals surface area contributed by atoms with Gasteiger partial charge in [-0.15, -0.1) is 0 Å². The first-order chi connectivity index (χ1) is 7.50. The van der Waals surface area contributed by atoms with Gasteiger partial charge in [0, 0.05) is 4.47 Å². The molecule has 0 saturated carbocycles. The van der Waals surface area contributed by atoms with Crippen LogP contribution in [0.1, 0.15) is 6.42 Å². The summed E-state index contributed by atoms with van der Waals surface area (Å²) in [6.07, 6.45) is -0.253. The number of carbonyl (C=O) groups excluding carboxylic acids is 1. The number of hydrogen-bond donors (Lipinski definition) is 3. The van der Waals surface area contributed by atoms with Crippen molar-refractivity contribution in [3.63, 3.8) is 0 Å². The highest BCUT2D eigenvalue weighted by Gasteiger charge is 2.16. The van der Waals surface area contributed by atoms with Crippen LogP contribution in [0.2, 0.25) is 0 Å². The second-order valence-electron chi connectivity index (χ2n) is 3.18. The lowest BCUT2D eigenvalue weighted by Gasteiger charge is -2.08. The molecule has 1 aromatic carbocycles. The number of para-hydroxylation sites is 1. The lowest BCUT2D eigenvalue weighted by atomic mass is 10.2. The third-order valence-corrected chi connectivity index (χ3v) is 2.56. The van der Waals surface area contributed by atoms with Crippen LogP contribution in [-0.2, 0) is 9.59 Å². The monoisotopic (exact) mass is 286 g/mol. The molecule has 0 spiro atoms. The van der Waals surface area contributed by atoms with Crippen molar-refractivity contribution in [3.05, 3.63) is 28.7 Å². The zero-order valence-electron chi connectivity index (χ0n) is 8.31. The molecular formula is C10H11BrN2O3. The topological polar surface area (TPSA) is 92.4 Å². The number of halogens is 1. The molecule has 0 aliphatic carbocycles. The van der Waals surface area contributed by atoms with E-state index in [9.17, 15) is 9.59 Å². The van der Waals surface area contributed by atoms with Gasteiger partial charge in [0.2, 0.25) is 5.91 Å². The minimum atomic E-state index is -1.19. The Labute approximate surface area is 101 Å². The van der Waals surface area contributed by atoms with Crippen LogP contribution in [-0.4, -0.2) is 23.0 Å². The van der Waals surface area contributed by atoms with E-state index in [0.29, 0.717) is 5.69 Å². The van der Waals surface area contributed by atoms with E-state index < -0.39 is 17.9 Å². The number of anilines is 1. The SMILES string of the molecule is NC(CC(=O)Nc1ccccc1Br)C(=O)O. The number of carbonyl (C=O) groups is 2. The van der Waals surface area contributed by atoms with Gasteiger partial charge in [0.05, 0.1) is 12.1 Å². The van der Waals surface area contributed by atoms with E-state index in [1.165, 1.54) is 0 Å². The number of nitrogens with two attached hydrogens (primary N) is 1. The first kappa shape index (κ1) is 12.7. The average molecular weight is 287 g/mol. The van der Waals surface area contributed by atoms with Crippen LogP contribution in [0.3, 0.4) is 0 Å². The van der Waals surface area contributed by atoms with E-state index in [1.54, 1.807) is 18.2 Å². The summed E-state index contributed by atoms with van der Waals surface area (Å²) < 4.78 is 0.729. The summed E-state index contributed by atoms with van der Waals surface area (Å²) >= 11 is 3.26. The number of benzene rings is 1. The maximum Gasteiger partial charge on any atom is 0.321 e. The Bertz CT molecular complexity index is 409. The van der Waals surface area contributed by atoms with Gasteiger partial charge < -0.3 is 16.2 Å². The highest BCUT2D eigenvalue weighted by atomic mass is 79.9. The van der Waals surface area contributed by atoms with Crippen molar-refractivity contribution in [2.24, 2.45) is 5.73 Å². The fraction of sp³-hybridized carbons (Fsp3) is 0.200. The van der Waals surface area contributed by atoms with Crippen molar-refractivity contribution in [1.82, 2.24) is 0 Å². The molecule has 5 nitrogen and oxygen atoms in total. The van der Waals surface area contributed by atoms with E-state index >= 15 is 0 Å². The van der Waals surface area contributed by atoms with Crippen LogP contribution in [0, 0.1) is 0 Å². The molecule has 1 unspecified atom stereocenters. The molecule has 1 rings (SSSR count). The molecule has 0 aromatic heterocycles. The van der Waals surface area contributed by atoms with Crippen molar-refractivity contribution in [1.29, 1.82) is 0 Å². The molecular weight excluding hydrogens is 276 g/mol. The summed E-state index contributed by atoms with van der Waals surface area (Å²) in [5.74, 6) is -1.62. The molecule has 0 heterocycles. The van der Waals surface area contributed by atoms with Gasteiger partial charge in [-0.2, -0.15) is 0 Å². The van der Waals surface area contributed by atoms with Gasteiger partial charge in [-0.25, -0.2) is 0 Å². The summed E-state index contributed by atoms with van der Waals surface area (Å²) in [5.41, 5.74) is 5.83. The maximum absolute atomic E-state index is 11.4. The lowest BCUT2D eigenvalue weighted by Crippen LogP contribution is -2.34. The molecule has 86 valence electrons. The van der Waals surface area contributed by atoms with E-state index in [1.807, 2.05) is 6.07 Å². The van der Waals surface area contributed by atoms with E-state index in [0.717, 1.165) is 4.47 Å². The van der Waals surface area contributed by atoms with Crippen LogP contribution in [0.25, 0.3) is 0 Å². The Hall–Kier alpha value is -1.40. The summed E-state index contributed by atoms with van der Waals surface area (Å²) in [6.45, 7) is 0. The van der Waals surface area contributed by atoms with Crippen LogP contribution >= 0.6 is 15.9 Å². The minimum absolute atomic E-state index is 0.253. The van der Waals surface area contributed by atoms with Crippen molar-refractivity contribution >= 4 is 33.5 Å². The molecule has 1 aromatic rings. The summed E-state index contributed by atoms with van der Waals surface area (Å²) in [5, 5.41) is 11.1. The number of aliphatic carboxylic acids is 1. The smallest absolute Gasteiger partial charge is 0.321 e. The molecule has 16 heavy (non-hydrogen) atoms. The van der Waals surface area contributed by atoms with Crippen LogP contribution in [0.5, 0.6) is 0 Å². The lowest BCUT2D eigenvalue weighted by molar-refractivity contribution is -0.140. The molecule has 6 heteroatoms. The Kier molecular flexibility index (Phi) is 4.45. The van der Waals surface area contributed by atoms with Crippen molar-refractivity contribution in [3.8, 4) is 0 Å². The normalized spacial score (nSPS) is 11.9. The van der Waals surface area contributed by atoms with Gasteiger partial charge in [-0.3, -0.25) is 9.59 Å². The molecule has 0 saturated heterocycles. The number of carboxylic acid groups (broad SMARTS) is 1. The number of rotatable bonds is 4. The summed E-state index contributed by atoms with van der Waals surface area (Å²) in [6, 6.07) is 5.86. The third kappa shape index (κ3) is 3.63. The van der Waals surface area contributed by atoms with E-state index in [4.69, 9.17) is 10.8 Å². The quantitative estimate of drug-likeness (QED) is 0.775. The Balaban J connectivity index is 2.59. The van der Waals surface area contributed by atoms with Crippen molar-refractivity contribution in [2.45, 2.75) is 12.5 Å². The fourth-order valence-corrected chi connectivity index (χ4v) is 1.43. The molecule has 0 fully saturated rings. The molecule has 4 N–H and O–H groups in total. The zero-order chi connectivity index (χ0) is 12.1. The molecule has 1 amide bonds. The molecule has 0 bridgehead atoms. The summed E-state index contributed by atoms with van der Waals surface area (Å²) in [7, 11) is 0. The van der Waals surface area contributed by atoms with Gasteiger partial charge >= 0.3 is 5.97 Å². The third-order valence-electron chi connectivity index (χ3n) is 1.87. The predicted octanol–water partition coefficient (Wildman–Crippen LogP) is 1.19. The van der Waals surface area contributed by atoms with Crippen LogP contribution in [0.15, 0.2) is 28.7 Å². The standard InChI is InChI=1S/C10H11BrN2O3/c11-6-3-1-2-4-8(6)13-9(14)5-7(12)10(15)16/h1-4,7H,5,12H2,(H,13,14)(H,15,16). The molecule has 0 aliphatic rings. The van der Waals surface area contributed by atoms with Crippen molar-refractivity contribution in [2.75, 3.05) is 5.32 Å². The molecule has 1 atom stereocenters. The van der Waals surface area contributed by atoms with E-state index in [2.05, 4.69) is 21.2 Å². The van der Waals surface area contributed by atoms with Crippen LogP contribution in [0.4, 0.5) is 5.69 Å². The van der Waals surface area contributed by atoms with E-state index in [-0.39, 0.29) is 6.42 Å².